The Morgan fingerprint density at radius 2 is 1.12 bits per heavy atom. The fourth-order valence-corrected chi connectivity index (χ4v) is 1.78. The molecule has 0 saturated carbocycles. The van der Waals surface area contributed by atoms with E-state index in [9.17, 15) is 4.57 Å². The van der Waals surface area contributed by atoms with Crippen molar-refractivity contribution in [3.63, 3.8) is 0 Å². The molecule has 0 atom stereocenters. The summed E-state index contributed by atoms with van der Waals surface area (Å²) in [6.45, 7) is 0. The molecular weight excluding hydrogens is 262 g/mol. The maximum atomic E-state index is 11.5. The molecule has 82 valence electrons. The molecular formula is C12H11KO3P+. The molecule has 2 aromatic rings. The summed E-state index contributed by atoms with van der Waals surface area (Å²) in [5.41, 5.74) is 0. The normalized spacial score (nSPS) is 8.94. The van der Waals surface area contributed by atoms with Crippen molar-refractivity contribution in [3.05, 3.63) is 60.7 Å². The van der Waals surface area contributed by atoms with Gasteiger partial charge in [0.15, 0.2) is 11.5 Å². The van der Waals surface area contributed by atoms with Crippen molar-refractivity contribution in [1.29, 1.82) is 0 Å². The van der Waals surface area contributed by atoms with Crippen molar-refractivity contribution < 1.29 is 66.4 Å². The number of rotatable bonds is 4. The number of hydrogen-bond acceptors (Lipinski definition) is 3. The summed E-state index contributed by atoms with van der Waals surface area (Å²) < 4.78 is 21.7. The van der Waals surface area contributed by atoms with E-state index < -0.39 is 8.25 Å². The molecule has 0 aliphatic carbocycles. The van der Waals surface area contributed by atoms with E-state index in [-0.39, 0.29) is 52.8 Å². The van der Waals surface area contributed by atoms with E-state index in [1.165, 1.54) is 0 Å². The Morgan fingerprint density at radius 1 is 0.765 bits per heavy atom. The summed E-state index contributed by atoms with van der Waals surface area (Å²) in [6.07, 6.45) is 0. The molecule has 0 radical (unpaired) electrons. The van der Waals surface area contributed by atoms with Gasteiger partial charge in [-0.3, -0.25) is 0 Å². The summed E-state index contributed by atoms with van der Waals surface area (Å²) in [7, 11) is -2.18. The molecule has 0 saturated heterocycles. The van der Waals surface area contributed by atoms with Crippen molar-refractivity contribution in [1.82, 2.24) is 0 Å². The van der Waals surface area contributed by atoms with Crippen LogP contribution in [0.3, 0.4) is 0 Å². The third kappa shape index (κ3) is 5.30. The van der Waals surface area contributed by atoms with Gasteiger partial charge in [-0.25, -0.2) is 9.05 Å². The van der Waals surface area contributed by atoms with Gasteiger partial charge in [0.2, 0.25) is 0 Å². The largest absolute Gasteiger partial charge is 1.00 e. The first kappa shape index (κ1) is 14.8. The second-order valence-corrected chi connectivity index (χ2v) is 3.84. The molecule has 2 rings (SSSR count). The van der Waals surface area contributed by atoms with Gasteiger partial charge in [0, 0.05) is 4.57 Å². The zero-order valence-electron chi connectivity index (χ0n) is 10.4. The van der Waals surface area contributed by atoms with E-state index in [2.05, 4.69) is 0 Å². The number of benzene rings is 2. The standard InChI is InChI=1S/C12H10O3P.K.H/c13-16(14-11-7-3-1-4-8-11)15-12-9-5-2-6-10-12;;/h1-10H;;/q2*+1;-1. The molecule has 0 unspecified atom stereocenters. The Morgan fingerprint density at radius 3 is 1.47 bits per heavy atom. The molecule has 0 amide bonds. The summed E-state index contributed by atoms with van der Waals surface area (Å²) in [6, 6.07) is 17.8. The van der Waals surface area contributed by atoms with Crippen molar-refractivity contribution >= 4 is 8.25 Å². The van der Waals surface area contributed by atoms with Crippen LogP contribution in [0.15, 0.2) is 60.7 Å². The fourth-order valence-electron chi connectivity index (χ4n) is 1.15. The van der Waals surface area contributed by atoms with Crippen molar-refractivity contribution in [3.8, 4) is 11.5 Å². The summed E-state index contributed by atoms with van der Waals surface area (Å²) in [5.74, 6) is 1.05. The third-order valence-electron chi connectivity index (χ3n) is 1.85. The number of hydrogen-bond donors (Lipinski definition) is 0. The Bertz CT molecular complexity index is 424. The predicted octanol–water partition coefficient (Wildman–Crippen LogP) is 0.918. The van der Waals surface area contributed by atoms with Gasteiger partial charge in [-0.2, -0.15) is 0 Å². The molecule has 0 fully saturated rings. The monoisotopic (exact) mass is 273 g/mol. The first-order valence-electron chi connectivity index (χ1n) is 4.78. The van der Waals surface area contributed by atoms with Crippen LogP contribution >= 0.6 is 8.25 Å². The van der Waals surface area contributed by atoms with Gasteiger partial charge in [-0.05, 0) is 24.3 Å². The van der Waals surface area contributed by atoms with Gasteiger partial charge in [-0.15, -0.1) is 0 Å². The molecule has 0 aliphatic rings. The van der Waals surface area contributed by atoms with Crippen LogP contribution in [-0.4, -0.2) is 0 Å². The molecule has 0 N–H and O–H groups in total. The minimum atomic E-state index is -2.18. The van der Waals surface area contributed by atoms with Crippen molar-refractivity contribution in [2.24, 2.45) is 0 Å². The van der Waals surface area contributed by atoms with Crippen LogP contribution in [0.5, 0.6) is 11.5 Å². The van der Waals surface area contributed by atoms with Crippen LogP contribution in [-0.2, 0) is 4.57 Å². The van der Waals surface area contributed by atoms with Gasteiger partial charge in [0.25, 0.3) is 0 Å². The van der Waals surface area contributed by atoms with E-state index >= 15 is 0 Å². The fraction of sp³-hybridized carbons (Fsp3) is 0. The maximum Gasteiger partial charge on any atom is 1.00 e. The van der Waals surface area contributed by atoms with Crippen molar-refractivity contribution in [2.75, 3.05) is 0 Å². The zero-order chi connectivity index (χ0) is 11.2. The van der Waals surface area contributed by atoms with Crippen LogP contribution in [0, 0.1) is 0 Å². The second-order valence-electron chi connectivity index (χ2n) is 3.03. The van der Waals surface area contributed by atoms with Gasteiger partial charge < -0.3 is 1.43 Å². The predicted molar refractivity (Wildman–Crippen MR) is 62.9 cm³/mol. The van der Waals surface area contributed by atoms with E-state index in [1.807, 2.05) is 12.1 Å². The average molecular weight is 273 g/mol. The molecule has 3 nitrogen and oxygen atoms in total. The van der Waals surface area contributed by atoms with Crippen LogP contribution in [0.2, 0.25) is 0 Å². The van der Waals surface area contributed by atoms with Gasteiger partial charge >= 0.3 is 59.6 Å². The van der Waals surface area contributed by atoms with E-state index in [1.54, 1.807) is 48.5 Å². The molecule has 0 aliphatic heterocycles. The minimum Gasteiger partial charge on any atom is -1.00 e. The summed E-state index contributed by atoms with van der Waals surface area (Å²) in [5, 5.41) is 0. The molecule has 0 bridgehead atoms. The maximum absolute atomic E-state index is 11.5. The molecule has 0 heterocycles. The Kier molecular flexibility index (Phi) is 6.96. The first-order chi connectivity index (χ1) is 7.84. The third-order valence-corrected chi connectivity index (χ3v) is 2.57. The van der Waals surface area contributed by atoms with Gasteiger partial charge in [-0.1, -0.05) is 36.4 Å². The van der Waals surface area contributed by atoms with Crippen molar-refractivity contribution in [2.45, 2.75) is 0 Å². The second kappa shape index (κ2) is 7.98. The number of para-hydroxylation sites is 2. The van der Waals surface area contributed by atoms with Gasteiger partial charge in [0.1, 0.15) is 0 Å². The van der Waals surface area contributed by atoms with Crippen LogP contribution in [0.1, 0.15) is 1.43 Å². The average Bonchev–Trinajstić information content (AvgIpc) is 2.31. The molecule has 5 heteroatoms. The van der Waals surface area contributed by atoms with Gasteiger partial charge in [0.05, 0.1) is 0 Å². The Hall–Kier alpha value is -0.224. The van der Waals surface area contributed by atoms with Crippen LogP contribution < -0.4 is 60.4 Å². The SMILES string of the molecule is O=[P+](Oc1ccccc1)Oc1ccccc1.[H-].[K+]. The topological polar surface area (TPSA) is 35.5 Å². The smallest absolute Gasteiger partial charge is 1.00 e. The van der Waals surface area contributed by atoms with E-state index in [0.717, 1.165) is 0 Å². The van der Waals surface area contributed by atoms with E-state index in [0.29, 0.717) is 11.5 Å². The van der Waals surface area contributed by atoms with E-state index in [4.69, 9.17) is 9.05 Å². The Labute approximate surface area is 145 Å². The first-order valence-corrected chi connectivity index (χ1v) is 5.87. The quantitative estimate of drug-likeness (QED) is 0.614. The minimum absolute atomic E-state index is 0. The Balaban J connectivity index is 0.00000144. The summed E-state index contributed by atoms with van der Waals surface area (Å²) >= 11 is 0. The summed E-state index contributed by atoms with van der Waals surface area (Å²) in [4.78, 5) is 0. The molecule has 2 aromatic carbocycles. The zero-order valence-corrected chi connectivity index (χ0v) is 13.5. The molecule has 0 spiro atoms. The van der Waals surface area contributed by atoms with Crippen LogP contribution in [0.25, 0.3) is 0 Å². The molecule has 0 aromatic heterocycles. The van der Waals surface area contributed by atoms with Crippen LogP contribution in [0.4, 0.5) is 0 Å². The molecule has 17 heavy (non-hydrogen) atoms.